The van der Waals surface area contributed by atoms with Gasteiger partial charge in [0.25, 0.3) is 0 Å². The van der Waals surface area contributed by atoms with E-state index in [9.17, 15) is 10.2 Å². The number of aliphatic hydroxyl groups is 2. The third-order valence-corrected chi connectivity index (χ3v) is 4.11. The molecule has 1 aromatic heterocycles. The standard InChI is InChI=1S/C15H17ClN2O2/c16-11-2-3-13-12(8-11)14(4-6-17-13)18-7-1-5-15(20,9-18)10-19/h2-4,6,8,19-20H,1,5,7,9-10H2. The summed E-state index contributed by atoms with van der Waals surface area (Å²) in [5.41, 5.74) is 0.862. The van der Waals surface area contributed by atoms with E-state index in [2.05, 4.69) is 9.88 Å². The zero-order valence-electron chi connectivity index (χ0n) is 11.1. The number of fused-ring (bicyclic) bond motifs is 1. The highest BCUT2D eigenvalue weighted by Crippen LogP contribution is 2.32. The maximum atomic E-state index is 10.3. The van der Waals surface area contributed by atoms with Gasteiger partial charge in [-0.1, -0.05) is 11.6 Å². The van der Waals surface area contributed by atoms with Crippen LogP contribution in [0.25, 0.3) is 10.9 Å². The number of piperidine rings is 1. The first-order chi connectivity index (χ1) is 9.61. The van der Waals surface area contributed by atoms with Gasteiger partial charge in [0.05, 0.1) is 12.1 Å². The zero-order valence-corrected chi connectivity index (χ0v) is 11.8. The highest BCUT2D eigenvalue weighted by atomic mass is 35.5. The van der Waals surface area contributed by atoms with Gasteiger partial charge in [-0.3, -0.25) is 4.98 Å². The number of rotatable bonds is 2. The van der Waals surface area contributed by atoms with Crippen LogP contribution in [0.15, 0.2) is 30.5 Å². The molecule has 0 spiro atoms. The molecule has 20 heavy (non-hydrogen) atoms. The minimum atomic E-state index is -1.02. The lowest BCUT2D eigenvalue weighted by molar-refractivity contribution is -0.0240. The molecule has 2 heterocycles. The van der Waals surface area contributed by atoms with Gasteiger partial charge in [-0.25, -0.2) is 0 Å². The van der Waals surface area contributed by atoms with Crippen LogP contribution in [0.4, 0.5) is 5.69 Å². The van der Waals surface area contributed by atoms with Gasteiger partial charge in [0.2, 0.25) is 0 Å². The second kappa shape index (κ2) is 5.20. The Labute approximate surface area is 122 Å². The number of hydrogen-bond acceptors (Lipinski definition) is 4. The van der Waals surface area contributed by atoms with Crippen molar-refractivity contribution in [3.05, 3.63) is 35.5 Å². The summed E-state index contributed by atoms with van der Waals surface area (Å²) in [6.45, 7) is 1.07. The van der Waals surface area contributed by atoms with Crippen molar-refractivity contribution in [2.75, 3.05) is 24.6 Å². The Bertz CT molecular complexity index is 634. The van der Waals surface area contributed by atoms with E-state index in [1.54, 1.807) is 6.20 Å². The van der Waals surface area contributed by atoms with Crippen molar-refractivity contribution in [1.82, 2.24) is 4.98 Å². The van der Waals surface area contributed by atoms with Crippen LogP contribution < -0.4 is 4.90 Å². The molecule has 2 aromatic rings. The molecule has 1 aromatic carbocycles. The van der Waals surface area contributed by atoms with E-state index >= 15 is 0 Å². The van der Waals surface area contributed by atoms with E-state index < -0.39 is 5.60 Å². The Morgan fingerprint density at radius 3 is 3.00 bits per heavy atom. The minimum absolute atomic E-state index is 0.215. The Balaban J connectivity index is 2.03. The van der Waals surface area contributed by atoms with Crippen LogP contribution in [-0.2, 0) is 0 Å². The quantitative estimate of drug-likeness (QED) is 0.891. The molecule has 1 atom stereocenters. The third kappa shape index (κ3) is 2.46. The summed E-state index contributed by atoms with van der Waals surface area (Å²) in [6.07, 6.45) is 3.24. The molecule has 4 nitrogen and oxygen atoms in total. The summed E-state index contributed by atoms with van der Waals surface area (Å²) in [4.78, 5) is 6.43. The fourth-order valence-corrected chi connectivity index (χ4v) is 3.00. The number of halogens is 1. The highest BCUT2D eigenvalue weighted by Gasteiger charge is 2.33. The van der Waals surface area contributed by atoms with Gasteiger partial charge < -0.3 is 15.1 Å². The Hall–Kier alpha value is -1.36. The van der Waals surface area contributed by atoms with E-state index in [0.717, 1.165) is 29.6 Å². The van der Waals surface area contributed by atoms with E-state index in [-0.39, 0.29) is 6.61 Å². The van der Waals surface area contributed by atoms with Gasteiger partial charge in [-0.05, 0) is 37.1 Å². The number of hydrogen-bond donors (Lipinski definition) is 2. The molecule has 0 radical (unpaired) electrons. The summed E-state index contributed by atoms with van der Waals surface area (Å²) in [5, 5.41) is 21.3. The van der Waals surface area contributed by atoms with Crippen LogP contribution in [0.5, 0.6) is 0 Å². The number of β-amino-alcohol motifs (C(OH)–C–C–N with tert-alkyl or cyclic N) is 1. The molecule has 0 bridgehead atoms. The van der Waals surface area contributed by atoms with E-state index in [4.69, 9.17) is 11.6 Å². The van der Waals surface area contributed by atoms with Crippen LogP contribution in [0.2, 0.25) is 5.02 Å². The van der Waals surface area contributed by atoms with Crippen molar-refractivity contribution in [2.24, 2.45) is 0 Å². The van der Waals surface area contributed by atoms with Crippen LogP contribution in [0, 0.1) is 0 Å². The minimum Gasteiger partial charge on any atom is -0.393 e. The van der Waals surface area contributed by atoms with E-state index in [1.807, 2.05) is 24.3 Å². The lowest BCUT2D eigenvalue weighted by Crippen LogP contribution is -2.50. The van der Waals surface area contributed by atoms with Gasteiger partial charge in [-0.2, -0.15) is 0 Å². The van der Waals surface area contributed by atoms with E-state index in [0.29, 0.717) is 18.0 Å². The maximum Gasteiger partial charge on any atom is 0.105 e. The zero-order chi connectivity index (χ0) is 14.2. The maximum absolute atomic E-state index is 10.3. The molecule has 1 fully saturated rings. The van der Waals surface area contributed by atoms with Gasteiger partial charge in [0.15, 0.2) is 0 Å². The van der Waals surface area contributed by atoms with Crippen LogP contribution in [0.1, 0.15) is 12.8 Å². The highest BCUT2D eigenvalue weighted by molar-refractivity contribution is 6.31. The lowest BCUT2D eigenvalue weighted by Gasteiger charge is -2.39. The Morgan fingerprint density at radius 1 is 1.35 bits per heavy atom. The molecule has 0 amide bonds. The number of nitrogens with zero attached hydrogens (tertiary/aromatic N) is 2. The number of pyridine rings is 1. The third-order valence-electron chi connectivity index (χ3n) is 3.87. The molecular weight excluding hydrogens is 276 g/mol. The van der Waals surface area contributed by atoms with Gasteiger partial charge in [0.1, 0.15) is 5.60 Å². The average molecular weight is 293 g/mol. The summed E-state index contributed by atoms with van der Waals surface area (Å²) >= 11 is 6.08. The second-order valence-corrected chi connectivity index (χ2v) is 5.84. The molecule has 1 aliphatic heterocycles. The predicted molar refractivity (Wildman–Crippen MR) is 80.2 cm³/mol. The van der Waals surface area contributed by atoms with Crippen LogP contribution >= 0.6 is 11.6 Å². The first kappa shape index (κ1) is 13.6. The summed E-state index contributed by atoms with van der Waals surface area (Å²) in [6, 6.07) is 7.54. The molecule has 5 heteroatoms. The lowest BCUT2D eigenvalue weighted by atomic mass is 9.93. The van der Waals surface area contributed by atoms with Crippen molar-refractivity contribution < 1.29 is 10.2 Å². The Morgan fingerprint density at radius 2 is 2.20 bits per heavy atom. The number of benzene rings is 1. The molecule has 0 saturated carbocycles. The molecule has 1 unspecified atom stereocenters. The van der Waals surface area contributed by atoms with E-state index in [1.165, 1.54) is 0 Å². The molecular formula is C15H17ClN2O2. The largest absolute Gasteiger partial charge is 0.393 e. The van der Waals surface area contributed by atoms with Crippen molar-refractivity contribution in [3.8, 4) is 0 Å². The molecule has 106 valence electrons. The van der Waals surface area contributed by atoms with Crippen LogP contribution in [0.3, 0.4) is 0 Å². The molecule has 3 rings (SSSR count). The average Bonchev–Trinajstić information content (AvgIpc) is 2.46. The molecule has 0 aliphatic carbocycles. The van der Waals surface area contributed by atoms with Crippen LogP contribution in [-0.4, -0.2) is 40.5 Å². The van der Waals surface area contributed by atoms with Crippen molar-refractivity contribution in [1.29, 1.82) is 0 Å². The molecule has 1 saturated heterocycles. The number of aliphatic hydroxyl groups excluding tert-OH is 1. The van der Waals surface area contributed by atoms with Crippen molar-refractivity contribution in [3.63, 3.8) is 0 Å². The second-order valence-electron chi connectivity index (χ2n) is 5.40. The molecule has 2 N–H and O–H groups in total. The monoisotopic (exact) mass is 292 g/mol. The predicted octanol–water partition coefficient (Wildman–Crippen LogP) is 2.21. The van der Waals surface area contributed by atoms with Gasteiger partial charge in [0, 0.05) is 35.4 Å². The summed E-state index contributed by atoms with van der Waals surface area (Å²) in [7, 11) is 0. The first-order valence-electron chi connectivity index (χ1n) is 6.74. The topological polar surface area (TPSA) is 56.6 Å². The summed E-state index contributed by atoms with van der Waals surface area (Å²) < 4.78 is 0. The fourth-order valence-electron chi connectivity index (χ4n) is 2.83. The van der Waals surface area contributed by atoms with Gasteiger partial charge in [-0.15, -0.1) is 0 Å². The number of anilines is 1. The van der Waals surface area contributed by atoms with Gasteiger partial charge >= 0.3 is 0 Å². The number of aromatic nitrogens is 1. The fraction of sp³-hybridized carbons (Fsp3) is 0.400. The first-order valence-corrected chi connectivity index (χ1v) is 7.12. The molecule has 1 aliphatic rings. The van der Waals surface area contributed by atoms with Crippen molar-refractivity contribution in [2.45, 2.75) is 18.4 Å². The normalized spacial score (nSPS) is 23.2. The summed E-state index contributed by atoms with van der Waals surface area (Å²) in [5.74, 6) is 0. The Kier molecular flexibility index (Phi) is 3.54. The smallest absolute Gasteiger partial charge is 0.105 e. The SMILES string of the molecule is OCC1(O)CCCN(c2ccnc3ccc(Cl)cc23)C1. The van der Waals surface area contributed by atoms with Crippen molar-refractivity contribution >= 4 is 28.2 Å².